The minimum Gasteiger partial charge on any atom is -0.394 e. The fourth-order valence-corrected chi connectivity index (χ4v) is 1.14. The number of carbonyl (C=O) groups excluding carboxylic acids is 1. The van der Waals surface area contributed by atoms with E-state index in [4.69, 9.17) is 14.9 Å². The summed E-state index contributed by atoms with van der Waals surface area (Å²) in [5.74, 6) is -0.211. The topological polar surface area (TPSA) is 90.8 Å². The Bertz CT molecular complexity index is 182. The highest BCUT2D eigenvalue weighted by Crippen LogP contribution is 1.92. The second kappa shape index (κ2) is 5.92. The van der Waals surface area contributed by atoms with Crippen molar-refractivity contribution in [3.05, 3.63) is 0 Å². The van der Waals surface area contributed by atoms with E-state index in [0.29, 0.717) is 19.8 Å². The highest BCUT2D eigenvalue weighted by molar-refractivity contribution is 5.81. The minimum absolute atomic E-state index is 0.0630. The normalized spacial score (nSPS) is 24.3. The Morgan fingerprint density at radius 1 is 1.71 bits per heavy atom. The number of nitrogens with one attached hydrogen (secondary N) is 2. The molecular weight excluding hydrogens is 188 g/mol. The molecule has 0 aliphatic carbocycles. The van der Waals surface area contributed by atoms with Gasteiger partial charge in [0.1, 0.15) is 6.04 Å². The van der Waals surface area contributed by atoms with E-state index >= 15 is 0 Å². The van der Waals surface area contributed by atoms with Crippen molar-refractivity contribution in [3.8, 4) is 0 Å². The molecule has 0 bridgehead atoms. The summed E-state index contributed by atoms with van der Waals surface area (Å²) >= 11 is 0. The molecule has 6 nitrogen and oxygen atoms in total. The van der Waals surface area contributed by atoms with Crippen molar-refractivity contribution in [3.63, 3.8) is 0 Å². The maximum atomic E-state index is 11.4. The highest BCUT2D eigenvalue weighted by atomic mass is 16.5. The summed E-state index contributed by atoms with van der Waals surface area (Å²) < 4.78 is 5.10. The van der Waals surface area contributed by atoms with Crippen LogP contribution in [0.3, 0.4) is 0 Å². The van der Waals surface area contributed by atoms with Gasteiger partial charge in [0.15, 0.2) is 0 Å². The molecule has 2 atom stereocenters. The molecule has 6 heteroatoms. The van der Waals surface area contributed by atoms with E-state index in [2.05, 4.69) is 10.6 Å². The lowest BCUT2D eigenvalue weighted by Gasteiger charge is -2.23. The number of hydrogen-bond donors (Lipinski definition) is 4. The van der Waals surface area contributed by atoms with Crippen molar-refractivity contribution in [2.24, 2.45) is 0 Å². The fraction of sp³-hybridized carbons (Fsp3) is 0.875. The van der Waals surface area contributed by atoms with Crippen molar-refractivity contribution in [1.82, 2.24) is 10.6 Å². The molecule has 2 unspecified atom stereocenters. The number of carbonyl (C=O) groups is 1. The van der Waals surface area contributed by atoms with Crippen LogP contribution in [0.1, 0.15) is 0 Å². The standard InChI is InChI=1S/C8H16N2O4/c11-4-6(12)3-10-8(13)7-5-14-2-1-9-7/h6-7,9,11-12H,1-5H2,(H,10,13). The van der Waals surface area contributed by atoms with Crippen LogP contribution >= 0.6 is 0 Å². The smallest absolute Gasteiger partial charge is 0.239 e. The van der Waals surface area contributed by atoms with Crippen molar-refractivity contribution >= 4 is 5.91 Å². The Labute approximate surface area is 82.3 Å². The van der Waals surface area contributed by atoms with Crippen LogP contribution in [0, 0.1) is 0 Å². The number of ether oxygens (including phenoxy) is 1. The number of hydrogen-bond acceptors (Lipinski definition) is 5. The number of morpholine rings is 1. The van der Waals surface area contributed by atoms with Gasteiger partial charge in [0.05, 0.1) is 25.9 Å². The molecule has 1 heterocycles. The molecule has 1 amide bonds. The van der Waals surface area contributed by atoms with Gasteiger partial charge in [0, 0.05) is 13.1 Å². The average molecular weight is 204 g/mol. The van der Waals surface area contributed by atoms with E-state index < -0.39 is 6.10 Å². The van der Waals surface area contributed by atoms with Gasteiger partial charge >= 0.3 is 0 Å². The third-order valence-electron chi connectivity index (χ3n) is 1.96. The Morgan fingerprint density at radius 3 is 3.07 bits per heavy atom. The van der Waals surface area contributed by atoms with Crippen molar-refractivity contribution in [1.29, 1.82) is 0 Å². The molecule has 1 fully saturated rings. The minimum atomic E-state index is -0.900. The van der Waals surface area contributed by atoms with Crippen LogP contribution in [-0.2, 0) is 9.53 Å². The maximum Gasteiger partial charge on any atom is 0.239 e. The van der Waals surface area contributed by atoms with E-state index in [-0.39, 0.29) is 25.1 Å². The molecule has 1 aliphatic heterocycles. The molecule has 0 radical (unpaired) electrons. The number of rotatable bonds is 4. The van der Waals surface area contributed by atoms with Gasteiger partial charge in [0.2, 0.25) is 5.91 Å². The summed E-state index contributed by atoms with van der Waals surface area (Å²) in [6.07, 6.45) is -0.900. The van der Waals surface area contributed by atoms with Crippen LogP contribution in [0.2, 0.25) is 0 Å². The van der Waals surface area contributed by atoms with Gasteiger partial charge in [-0.25, -0.2) is 0 Å². The molecular formula is C8H16N2O4. The molecule has 0 aromatic carbocycles. The molecule has 1 rings (SSSR count). The number of aliphatic hydroxyl groups is 2. The lowest BCUT2D eigenvalue weighted by molar-refractivity contribution is -0.126. The molecule has 82 valence electrons. The largest absolute Gasteiger partial charge is 0.394 e. The monoisotopic (exact) mass is 204 g/mol. The summed E-state index contributed by atoms with van der Waals surface area (Å²) in [7, 11) is 0. The lowest BCUT2D eigenvalue weighted by Crippen LogP contribution is -2.52. The fourth-order valence-electron chi connectivity index (χ4n) is 1.14. The molecule has 4 N–H and O–H groups in total. The van der Waals surface area contributed by atoms with Gasteiger partial charge in [-0.2, -0.15) is 0 Å². The van der Waals surface area contributed by atoms with E-state index in [1.54, 1.807) is 0 Å². The molecule has 0 saturated carbocycles. The van der Waals surface area contributed by atoms with Gasteiger partial charge in [-0.3, -0.25) is 4.79 Å². The van der Waals surface area contributed by atoms with Crippen molar-refractivity contribution < 1.29 is 19.7 Å². The number of aliphatic hydroxyl groups excluding tert-OH is 2. The lowest BCUT2D eigenvalue weighted by atomic mass is 10.2. The van der Waals surface area contributed by atoms with Crippen LogP contribution < -0.4 is 10.6 Å². The first kappa shape index (κ1) is 11.4. The van der Waals surface area contributed by atoms with Crippen LogP contribution in [0.25, 0.3) is 0 Å². The summed E-state index contributed by atoms with van der Waals surface area (Å²) in [5.41, 5.74) is 0. The average Bonchev–Trinajstić information content (AvgIpc) is 2.26. The predicted octanol–water partition coefficient (Wildman–Crippen LogP) is -2.56. The molecule has 0 aromatic rings. The SMILES string of the molecule is O=C(NCC(O)CO)C1COCCN1. The van der Waals surface area contributed by atoms with Crippen LogP contribution in [0.5, 0.6) is 0 Å². The van der Waals surface area contributed by atoms with Crippen molar-refractivity contribution in [2.75, 3.05) is 32.9 Å². The molecule has 1 aliphatic rings. The van der Waals surface area contributed by atoms with Gasteiger partial charge in [-0.1, -0.05) is 0 Å². The first-order chi connectivity index (χ1) is 6.74. The summed E-state index contributed by atoms with van der Waals surface area (Å²) in [5, 5.41) is 23.0. The van der Waals surface area contributed by atoms with E-state index in [1.807, 2.05) is 0 Å². The van der Waals surface area contributed by atoms with Gasteiger partial charge in [0.25, 0.3) is 0 Å². The maximum absolute atomic E-state index is 11.4. The summed E-state index contributed by atoms with van der Waals surface area (Å²) in [6.45, 7) is 1.33. The van der Waals surface area contributed by atoms with Gasteiger partial charge in [-0.15, -0.1) is 0 Å². The Morgan fingerprint density at radius 2 is 2.50 bits per heavy atom. The second-order valence-corrected chi connectivity index (χ2v) is 3.16. The summed E-state index contributed by atoms with van der Waals surface area (Å²) in [6, 6.07) is -0.352. The van der Waals surface area contributed by atoms with E-state index in [9.17, 15) is 4.79 Å². The zero-order valence-electron chi connectivity index (χ0n) is 7.90. The Hall–Kier alpha value is -0.690. The van der Waals surface area contributed by atoms with Crippen molar-refractivity contribution in [2.45, 2.75) is 12.1 Å². The summed E-state index contributed by atoms with van der Waals surface area (Å²) in [4.78, 5) is 11.4. The molecule has 0 spiro atoms. The van der Waals surface area contributed by atoms with Gasteiger partial charge < -0.3 is 25.6 Å². The number of amides is 1. The Kier molecular flexibility index (Phi) is 4.81. The van der Waals surface area contributed by atoms with Crippen LogP contribution in [-0.4, -0.2) is 61.2 Å². The first-order valence-electron chi connectivity index (χ1n) is 4.62. The van der Waals surface area contributed by atoms with Crippen LogP contribution in [0.15, 0.2) is 0 Å². The zero-order chi connectivity index (χ0) is 10.4. The third-order valence-corrected chi connectivity index (χ3v) is 1.96. The Balaban J connectivity index is 2.19. The second-order valence-electron chi connectivity index (χ2n) is 3.16. The molecule has 14 heavy (non-hydrogen) atoms. The molecule has 1 saturated heterocycles. The quantitative estimate of drug-likeness (QED) is 0.404. The van der Waals surface area contributed by atoms with E-state index in [0.717, 1.165) is 0 Å². The third kappa shape index (κ3) is 3.59. The van der Waals surface area contributed by atoms with Crippen LogP contribution in [0.4, 0.5) is 0 Å². The highest BCUT2D eigenvalue weighted by Gasteiger charge is 2.21. The van der Waals surface area contributed by atoms with Gasteiger partial charge in [-0.05, 0) is 0 Å². The first-order valence-corrected chi connectivity index (χ1v) is 4.62. The predicted molar refractivity (Wildman–Crippen MR) is 48.7 cm³/mol. The molecule has 0 aromatic heterocycles. The zero-order valence-corrected chi connectivity index (χ0v) is 7.90. The van der Waals surface area contributed by atoms with E-state index in [1.165, 1.54) is 0 Å².